The normalized spacial score (nSPS) is 14.9. The molecule has 5 rings (SSSR count). The number of non-ortho nitro benzene ring substituents is 1. The number of nitro groups is 1. The Labute approximate surface area is 259 Å². The predicted octanol–water partition coefficient (Wildman–Crippen LogP) is 2.03. The van der Waals surface area contributed by atoms with Crippen molar-refractivity contribution in [3.63, 3.8) is 0 Å². The lowest BCUT2D eigenvalue weighted by atomic mass is 9.92. The van der Waals surface area contributed by atoms with Crippen LogP contribution >= 0.6 is 12.4 Å². The number of imide groups is 1. The van der Waals surface area contributed by atoms with E-state index in [1.807, 2.05) is 0 Å². The van der Waals surface area contributed by atoms with Crippen molar-refractivity contribution in [2.24, 2.45) is 5.73 Å². The molecule has 0 aliphatic carbocycles. The van der Waals surface area contributed by atoms with E-state index >= 15 is 0 Å². The highest BCUT2D eigenvalue weighted by atomic mass is 35.5. The lowest BCUT2D eigenvalue weighted by molar-refractivity contribution is -0.384. The number of nitro benzene ring substituents is 1. The van der Waals surface area contributed by atoms with Gasteiger partial charge in [-0.2, -0.15) is 0 Å². The second-order valence-electron chi connectivity index (χ2n) is 10.4. The molecule has 2 heterocycles. The first-order valence-electron chi connectivity index (χ1n) is 14.2. The Hall–Kier alpha value is -4.43. The SMILES string of the molecule is CCN1CCN(C(=O)c2cc(C(=O)NCCNCCN)cc(N3C(=O)c4cccc5cc([N+](=O)[O-])cc(c45)C3=O)c2)CC1.Cl. The van der Waals surface area contributed by atoms with Gasteiger partial charge in [-0.15, -0.1) is 12.4 Å². The van der Waals surface area contributed by atoms with Gasteiger partial charge in [-0.3, -0.25) is 29.3 Å². The average molecular weight is 624 g/mol. The quantitative estimate of drug-likeness (QED) is 0.132. The van der Waals surface area contributed by atoms with Gasteiger partial charge in [-0.05, 0) is 36.2 Å². The number of piperazine rings is 1. The highest BCUT2D eigenvalue weighted by Gasteiger charge is 2.36. The van der Waals surface area contributed by atoms with Gasteiger partial charge in [0.25, 0.3) is 29.3 Å². The van der Waals surface area contributed by atoms with Gasteiger partial charge in [-0.1, -0.05) is 19.1 Å². The zero-order valence-corrected chi connectivity index (χ0v) is 25.0. The van der Waals surface area contributed by atoms with Gasteiger partial charge in [0.05, 0.1) is 16.2 Å². The van der Waals surface area contributed by atoms with Gasteiger partial charge in [0, 0.05) is 86.6 Å². The molecule has 44 heavy (non-hydrogen) atoms. The van der Waals surface area contributed by atoms with Crippen molar-refractivity contribution < 1.29 is 24.1 Å². The molecule has 2 aliphatic heterocycles. The largest absolute Gasteiger partial charge is 0.351 e. The summed E-state index contributed by atoms with van der Waals surface area (Å²) in [5, 5.41) is 18.2. The summed E-state index contributed by atoms with van der Waals surface area (Å²) in [5.41, 5.74) is 5.64. The molecule has 3 aromatic carbocycles. The van der Waals surface area contributed by atoms with Crippen LogP contribution in [0.1, 0.15) is 48.4 Å². The van der Waals surface area contributed by atoms with Crippen molar-refractivity contribution in [2.45, 2.75) is 6.92 Å². The fourth-order valence-corrected chi connectivity index (χ4v) is 5.47. The molecule has 0 unspecified atom stereocenters. The molecule has 1 fully saturated rings. The molecule has 4 amide bonds. The number of hydrogen-bond donors (Lipinski definition) is 3. The Morgan fingerprint density at radius 1 is 0.932 bits per heavy atom. The number of hydrogen-bond acceptors (Lipinski definition) is 9. The Bertz CT molecular complexity index is 1620. The van der Waals surface area contributed by atoms with E-state index < -0.39 is 22.6 Å². The zero-order valence-electron chi connectivity index (χ0n) is 24.2. The number of carbonyl (C=O) groups is 4. The van der Waals surface area contributed by atoms with Gasteiger partial charge in [0.15, 0.2) is 0 Å². The number of amides is 4. The summed E-state index contributed by atoms with van der Waals surface area (Å²) in [6, 6.07) is 11.5. The first-order chi connectivity index (χ1) is 20.7. The lowest BCUT2D eigenvalue weighted by Gasteiger charge is -2.34. The molecule has 0 saturated carbocycles. The average Bonchev–Trinajstić information content (AvgIpc) is 3.02. The van der Waals surface area contributed by atoms with Gasteiger partial charge in [0.2, 0.25) is 0 Å². The van der Waals surface area contributed by atoms with Crippen molar-refractivity contribution in [1.82, 2.24) is 20.4 Å². The van der Waals surface area contributed by atoms with Crippen LogP contribution in [0, 0.1) is 10.1 Å². The molecule has 2 aliphatic rings. The summed E-state index contributed by atoms with van der Waals surface area (Å²) < 4.78 is 0. The fraction of sp³-hybridized carbons (Fsp3) is 0.333. The number of rotatable bonds is 10. The van der Waals surface area contributed by atoms with Gasteiger partial charge >= 0.3 is 0 Å². The number of nitrogens with two attached hydrogens (primary N) is 1. The molecule has 13 nitrogen and oxygen atoms in total. The van der Waals surface area contributed by atoms with Crippen LogP contribution in [-0.2, 0) is 0 Å². The van der Waals surface area contributed by atoms with Crippen molar-refractivity contribution in [3.8, 4) is 0 Å². The predicted molar refractivity (Wildman–Crippen MR) is 168 cm³/mol. The molecule has 0 bridgehead atoms. The molecule has 3 aromatic rings. The van der Waals surface area contributed by atoms with Crippen LogP contribution in [0.5, 0.6) is 0 Å². The van der Waals surface area contributed by atoms with Crippen molar-refractivity contribution in [1.29, 1.82) is 0 Å². The number of halogens is 1. The summed E-state index contributed by atoms with van der Waals surface area (Å²) >= 11 is 0. The lowest BCUT2D eigenvalue weighted by Crippen LogP contribution is -2.48. The van der Waals surface area contributed by atoms with Crippen molar-refractivity contribution >= 4 is 58.2 Å². The van der Waals surface area contributed by atoms with Crippen LogP contribution in [0.15, 0.2) is 48.5 Å². The third-order valence-electron chi connectivity index (χ3n) is 7.74. The van der Waals surface area contributed by atoms with E-state index in [-0.39, 0.29) is 58.5 Å². The third-order valence-corrected chi connectivity index (χ3v) is 7.74. The first-order valence-corrected chi connectivity index (χ1v) is 14.2. The van der Waals surface area contributed by atoms with Crippen LogP contribution < -0.4 is 21.3 Å². The van der Waals surface area contributed by atoms with E-state index in [1.165, 1.54) is 24.3 Å². The van der Waals surface area contributed by atoms with Gasteiger partial charge in [0.1, 0.15) is 0 Å². The minimum atomic E-state index is -0.782. The summed E-state index contributed by atoms with van der Waals surface area (Å²) in [5.74, 6) is -2.26. The minimum absolute atomic E-state index is 0. The number of anilines is 1. The molecule has 0 atom stereocenters. The molecule has 1 saturated heterocycles. The molecular weight excluding hydrogens is 590 g/mol. The van der Waals surface area contributed by atoms with Gasteiger partial charge < -0.3 is 26.2 Å². The summed E-state index contributed by atoms with van der Waals surface area (Å²) in [6.07, 6.45) is 0. The highest BCUT2D eigenvalue weighted by Crippen LogP contribution is 2.36. The van der Waals surface area contributed by atoms with Crippen LogP contribution in [0.4, 0.5) is 11.4 Å². The molecule has 0 spiro atoms. The van der Waals surface area contributed by atoms with Crippen LogP contribution in [-0.4, -0.2) is 97.3 Å². The maximum absolute atomic E-state index is 13.9. The Morgan fingerprint density at radius 3 is 2.32 bits per heavy atom. The van der Waals surface area contributed by atoms with E-state index in [0.717, 1.165) is 17.5 Å². The molecule has 232 valence electrons. The summed E-state index contributed by atoms with van der Waals surface area (Å²) in [6.45, 7) is 7.10. The maximum Gasteiger partial charge on any atom is 0.270 e. The fourth-order valence-electron chi connectivity index (χ4n) is 5.47. The molecule has 14 heteroatoms. The van der Waals surface area contributed by atoms with Crippen molar-refractivity contribution in [2.75, 3.05) is 63.8 Å². The Kier molecular flexibility index (Phi) is 10.3. The van der Waals surface area contributed by atoms with Gasteiger partial charge in [-0.25, -0.2) is 4.90 Å². The molecule has 0 aromatic heterocycles. The van der Waals surface area contributed by atoms with E-state index in [2.05, 4.69) is 22.5 Å². The topological polar surface area (TPSA) is 171 Å². The smallest absolute Gasteiger partial charge is 0.270 e. The van der Waals surface area contributed by atoms with Crippen LogP contribution in [0.25, 0.3) is 10.8 Å². The summed E-state index contributed by atoms with van der Waals surface area (Å²) in [4.78, 5) is 70.3. The first kappa shape index (κ1) is 32.5. The Balaban J connectivity index is 0.00000442. The number of benzene rings is 3. The number of nitrogens with zero attached hydrogens (tertiary/aromatic N) is 4. The van der Waals surface area contributed by atoms with E-state index in [0.29, 0.717) is 56.6 Å². The number of nitrogens with one attached hydrogen (secondary N) is 2. The Morgan fingerprint density at radius 2 is 1.64 bits per heavy atom. The standard InChI is InChI=1S/C30H33N7O6.ClH/c1-2-34-10-12-35(13-11-34)28(39)21-14-20(27(38)33-9-8-32-7-6-31)16-22(17-21)36-29(40)24-5-3-4-19-15-23(37(42)43)18-25(26(19)24)30(36)41;/h3-5,14-18,32H,2,6-13,31H2,1H3,(H,33,38);1H. The highest BCUT2D eigenvalue weighted by molar-refractivity contribution is 6.36. The van der Waals surface area contributed by atoms with E-state index in [4.69, 9.17) is 5.73 Å². The molecule has 4 N–H and O–H groups in total. The second kappa shape index (κ2) is 13.9. The van der Waals surface area contributed by atoms with Crippen LogP contribution in [0.3, 0.4) is 0 Å². The third kappa shape index (κ3) is 6.40. The van der Waals surface area contributed by atoms with E-state index in [1.54, 1.807) is 23.1 Å². The summed E-state index contributed by atoms with van der Waals surface area (Å²) in [7, 11) is 0. The van der Waals surface area contributed by atoms with Crippen LogP contribution in [0.2, 0.25) is 0 Å². The number of likely N-dealkylation sites (N-methyl/N-ethyl adjacent to an activating group) is 1. The number of carbonyl (C=O) groups excluding carboxylic acids is 4. The minimum Gasteiger partial charge on any atom is -0.351 e. The zero-order chi connectivity index (χ0) is 30.7. The molecular formula is C30H34ClN7O6. The van der Waals surface area contributed by atoms with Crippen molar-refractivity contribution in [3.05, 3.63) is 80.9 Å². The monoisotopic (exact) mass is 623 g/mol. The molecule has 0 radical (unpaired) electrons. The maximum atomic E-state index is 13.9. The van der Waals surface area contributed by atoms with E-state index in [9.17, 15) is 29.3 Å². The second-order valence-corrected chi connectivity index (χ2v) is 10.4.